The summed E-state index contributed by atoms with van der Waals surface area (Å²) in [6, 6.07) is 17.9. The number of aryl methyl sites for hydroxylation is 1. The number of amides is 2. The lowest BCUT2D eigenvalue weighted by atomic mass is 9.73. The van der Waals surface area contributed by atoms with E-state index in [-0.39, 0.29) is 11.8 Å². The second kappa shape index (κ2) is 10.5. The van der Waals surface area contributed by atoms with Gasteiger partial charge >= 0.3 is 0 Å². The summed E-state index contributed by atoms with van der Waals surface area (Å²) in [6.07, 6.45) is 3.66. The molecular weight excluding hydrogens is 424 g/mol. The maximum atomic E-state index is 13.7. The first kappa shape index (κ1) is 22.8. The third-order valence-electron chi connectivity index (χ3n) is 6.77. The summed E-state index contributed by atoms with van der Waals surface area (Å²) in [5, 5.41) is 0.669. The Balaban J connectivity index is 1.33. The number of halogens is 1. The van der Waals surface area contributed by atoms with Crippen molar-refractivity contribution in [3.63, 3.8) is 0 Å². The fourth-order valence-electron chi connectivity index (χ4n) is 4.82. The van der Waals surface area contributed by atoms with E-state index in [1.165, 1.54) is 5.56 Å². The van der Waals surface area contributed by atoms with E-state index in [9.17, 15) is 9.59 Å². The van der Waals surface area contributed by atoms with Crippen molar-refractivity contribution < 1.29 is 14.3 Å². The maximum absolute atomic E-state index is 13.7. The molecule has 0 saturated carbocycles. The Hall–Kier alpha value is -2.37. The molecule has 2 aliphatic heterocycles. The molecule has 5 nitrogen and oxygen atoms in total. The highest BCUT2D eigenvalue weighted by Crippen LogP contribution is 2.37. The van der Waals surface area contributed by atoms with Crippen molar-refractivity contribution in [2.45, 2.75) is 37.5 Å². The molecule has 0 aromatic heterocycles. The van der Waals surface area contributed by atoms with Gasteiger partial charge in [0, 0.05) is 50.8 Å². The van der Waals surface area contributed by atoms with Crippen molar-refractivity contribution >= 4 is 23.4 Å². The van der Waals surface area contributed by atoms with Crippen molar-refractivity contribution in [2.24, 2.45) is 0 Å². The Kier molecular flexibility index (Phi) is 7.48. The van der Waals surface area contributed by atoms with Crippen LogP contribution >= 0.6 is 11.6 Å². The Morgan fingerprint density at radius 3 is 2.16 bits per heavy atom. The summed E-state index contributed by atoms with van der Waals surface area (Å²) < 4.78 is 5.58. The first-order valence-electron chi connectivity index (χ1n) is 11.5. The molecule has 2 amide bonds. The molecule has 0 spiro atoms. The molecule has 170 valence electrons. The number of carbonyl (C=O) groups is 2. The minimum absolute atomic E-state index is 0.152. The predicted molar refractivity (Wildman–Crippen MR) is 126 cm³/mol. The van der Waals surface area contributed by atoms with Crippen LogP contribution in [0.1, 0.15) is 36.8 Å². The van der Waals surface area contributed by atoms with Crippen molar-refractivity contribution in [3.8, 4) is 0 Å². The lowest BCUT2D eigenvalue weighted by Crippen LogP contribution is -2.56. The molecule has 2 aromatic rings. The van der Waals surface area contributed by atoms with Crippen LogP contribution in [0.5, 0.6) is 0 Å². The summed E-state index contributed by atoms with van der Waals surface area (Å²) in [4.78, 5) is 30.2. The molecule has 0 aliphatic carbocycles. The molecule has 0 bridgehead atoms. The number of piperazine rings is 1. The molecule has 4 rings (SSSR count). The molecule has 0 unspecified atom stereocenters. The van der Waals surface area contributed by atoms with Gasteiger partial charge < -0.3 is 14.5 Å². The minimum atomic E-state index is -0.565. The van der Waals surface area contributed by atoms with Crippen LogP contribution in [-0.4, -0.2) is 61.0 Å². The lowest BCUT2D eigenvalue weighted by Gasteiger charge is -2.43. The number of carbonyl (C=O) groups excluding carboxylic acids is 2. The van der Waals surface area contributed by atoms with E-state index < -0.39 is 5.41 Å². The molecule has 0 radical (unpaired) electrons. The van der Waals surface area contributed by atoms with Gasteiger partial charge in [0.05, 0.1) is 5.41 Å². The average Bonchev–Trinajstić information content (AvgIpc) is 2.85. The van der Waals surface area contributed by atoms with Crippen LogP contribution in [0.15, 0.2) is 54.6 Å². The number of hydrogen-bond acceptors (Lipinski definition) is 3. The monoisotopic (exact) mass is 454 g/mol. The van der Waals surface area contributed by atoms with Gasteiger partial charge in [0.15, 0.2) is 0 Å². The average molecular weight is 455 g/mol. The van der Waals surface area contributed by atoms with Crippen LogP contribution in [0.2, 0.25) is 5.02 Å². The van der Waals surface area contributed by atoms with Crippen molar-refractivity contribution in [1.29, 1.82) is 0 Å². The van der Waals surface area contributed by atoms with Crippen LogP contribution in [0.3, 0.4) is 0 Å². The van der Waals surface area contributed by atoms with Crippen LogP contribution in [-0.2, 0) is 26.2 Å². The molecule has 0 atom stereocenters. The second-order valence-electron chi connectivity index (χ2n) is 8.71. The van der Waals surface area contributed by atoms with Crippen LogP contribution in [0.4, 0.5) is 0 Å². The Labute approximate surface area is 195 Å². The van der Waals surface area contributed by atoms with Crippen molar-refractivity contribution in [3.05, 3.63) is 70.7 Å². The molecule has 2 heterocycles. The van der Waals surface area contributed by atoms with Gasteiger partial charge in [-0.25, -0.2) is 0 Å². The van der Waals surface area contributed by atoms with Crippen molar-refractivity contribution in [1.82, 2.24) is 9.80 Å². The van der Waals surface area contributed by atoms with E-state index in [2.05, 4.69) is 12.1 Å². The Morgan fingerprint density at radius 2 is 1.50 bits per heavy atom. The van der Waals surface area contributed by atoms with Gasteiger partial charge in [-0.2, -0.15) is 0 Å². The van der Waals surface area contributed by atoms with Crippen molar-refractivity contribution in [2.75, 3.05) is 39.4 Å². The lowest BCUT2D eigenvalue weighted by molar-refractivity contribution is -0.146. The van der Waals surface area contributed by atoms with Gasteiger partial charge in [0.2, 0.25) is 11.8 Å². The molecule has 2 aromatic carbocycles. The first-order valence-corrected chi connectivity index (χ1v) is 11.9. The van der Waals surface area contributed by atoms with E-state index >= 15 is 0 Å². The zero-order valence-electron chi connectivity index (χ0n) is 18.5. The van der Waals surface area contributed by atoms with Gasteiger partial charge in [-0.15, -0.1) is 0 Å². The molecular formula is C26H31ClN2O3. The van der Waals surface area contributed by atoms with E-state index in [0.717, 1.165) is 18.4 Å². The van der Waals surface area contributed by atoms with E-state index in [0.29, 0.717) is 63.7 Å². The highest BCUT2D eigenvalue weighted by Gasteiger charge is 2.44. The molecule has 2 fully saturated rings. The van der Waals surface area contributed by atoms with Crippen LogP contribution in [0, 0.1) is 0 Å². The number of hydrogen-bond donors (Lipinski definition) is 0. The summed E-state index contributed by atoms with van der Waals surface area (Å²) in [7, 11) is 0. The zero-order chi connectivity index (χ0) is 22.4. The third kappa shape index (κ3) is 5.16. The van der Waals surface area contributed by atoms with Crippen LogP contribution in [0.25, 0.3) is 0 Å². The molecule has 32 heavy (non-hydrogen) atoms. The summed E-state index contributed by atoms with van der Waals surface area (Å²) in [6.45, 7) is 3.52. The van der Waals surface area contributed by atoms with Gasteiger partial charge in [-0.3, -0.25) is 9.59 Å². The fraction of sp³-hybridized carbons (Fsp3) is 0.462. The third-order valence-corrected chi connectivity index (χ3v) is 7.02. The summed E-state index contributed by atoms with van der Waals surface area (Å²) in [5.74, 6) is 0.339. The highest BCUT2D eigenvalue weighted by molar-refractivity contribution is 6.30. The summed E-state index contributed by atoms with van der Waals surface area (Å²) >= 11 is 6.08. The predicted octanol–water partition coefficient (Wildman–Crippen LogP) is 4.08. The minimum Gasteiger partial charge on any atom is -0.381 e. The quantitative estimate of drug-likeness (QED) is 0.660. The van der Waals surface area contributed by atoms with Gasteiger partial charge in [0.1, 0.15) is 0 Å². The largest absolute Gasteiger partial charge is 0.381 e. The first-order chi connectivity index (χ1) is 15.6. The topological polar surface area (TPSA) is 49.9 Å². The number of benzene rings is 2. The number of nitrogens with zero attached hydrogens (tertiary/aromatic N) is 2. The summed E-state index contributed by atoms with van der Waals surface area (Å²) in [5.41, 5.74) is 1.71. The zero-order valence-corrected chi connectivity index (χ0v) is 19.2. The van der Waals surface area contributed by atoms with Gasteiger partial charge in [-0.05, 0) is 48.9 Å². The van der Waals surface area contributed by atoms with E-state index in [4.69, 9.17) is 16.3 Å². The molecule has 0 N–H and O–H groups in total. The molecule has 6 heteroatoms. The molecule has 2 aliphatic rings. The Bertz CT molecular complexity index is 902. The molecule has 2 saturated heterocycles. The Morgan fingerprint density at radius 1 is 0.875 bits per heavy atom. The van der Waals surface area contributed by atoms with Crippen LogP contribution < -0.4 is 0 Å². The highest BCUT2D eigenvalue weighted by atomic mass is 35.5. The fourth-order valence-corrected chi connectivity index (χ4v) is 4.95. The number of ether oxygens (including phenoxy) is 1. The SMILES string of the molecule is O=C(CCCc1ccccc1)N1CCN(C(=O)C2(c3ccc(Cl)cc3)CCOCC2)CC1. The standard InChI is InChI=1S/C26H31ClN2O3/c27-23-11-9-22(10-12-23)26(13-19-32-20-14-26)25(31)29-17-15-28(16-18-29)24(30)8-4-7-21-5-2-1-3-6-21/h1-3,5-6,9-12H,4,7-8,13-20H2. The van der Waals surface area contributed by atoms with Gasteiger partial charge in [-0.1, -0.05) is 54.1 Å². The second-order valence-corrected chi connectivity index (χ2v) is 9.15. The number of rotatable bonds is 6. The normalized spacial score (nSPS) is 18.4. The van der Waals surface area contributed by atoms with E-state index in [1.54, 1.807) is 0 Å². The maximum Gasteiger partial charge on any atom is 0.233 e. The van der Waals surface area contributed by atoms with Gasteiger partial charge in [0.25, 0.3) is 0 Å². The smallest absolute Gasteiger partial charge is 0.233 e. The van der Waals surface area contributed by atoms with E-state index in [1.807, 2.05) is 52.3 Å².